The van der Waals surface area contributed by atoms with E-state index >= 15 is 0 Å². The van der Waals surface area contributed by atoms with Crippen molar-refractivity contribution in [2.75, 3.05) is 12.4 Å². The molecule has 0 saturated heterocycles. The van der Waals surface area contributed by atoms with Crippen LogP contribution in [0.25, 0.3) is 0 Å². The van der Waals surface area contributed by atoms with Crippen LogP contribution >= 0.6 is 0 Å². The molecule has 1 aliphatic carbocycles. The Morgan fingerprint density at radius 2 is 2.12 bits per heavy atom. The molecule has 0 aliphatic heterocycles. The van der Waals surface area contributed by atoms with Crippen LogP contribution in [0.2, 0.25) is 0 Å². The first-order valence-electron chi connectivity index (χ1n) is 5.13. The summed E-state index contributed by atoms with van der Waals surface area (Å²) in [5, 5.41) is 10.9. The van der Waals surface area contributed by atoms with Crippen LogP contribution in [0.4, 0.5) is 5.82 Å². The molecule has 1 heterocycles. The SMILES string of the molecule is COC(=O)c1ccc(NC2CC=CC2)nn1. The lowest BCUT2D eigenvalue weighted by Gasteiger charge is -2.11. The van der Waals surface area contributed by atoms with Crippen molar-refractivity contribution in [3.8, 4) is 0 Å². The number of hydrogen-bond acceptors (Lipinski definition) is 5. The van der Waals surface area contributed by atoms with Gasteiger partial charge in [0, 0.05) is 6.04 Å². The number of aromatic nitrogens is 2. The van der Waals surface area contributed by atoms with Gasteiger partial charge in [0.15, 0.2) is 5.69 Å². The van der Waals surface area contributed by atoms with Crippen LogP contribution in [-0.4, -0.2) is 29.3 Å². The summed E-state index contributed by atoms with van der Waals surface area (Å²) in [5.74, 6) is 0.211. The van der Waals surface area contributed by atoms with Crippen molar-refractivity contribution in [2.45, 2.75) is 18.9 Å². The lowest BCUT2D eigenvalue weighted by molar-refractivity contribution is 0.0593. The zero-order chi connectivity index (χ0) is 11.4. The van der Waals surface area contributed by atoms with Crippen LogP contribution in [0.3, 0.4) is 0 Å². The van der Waals surface area contributed by atoms with Gasteiger partial charge in [-0.1, -0.05) is 12.2 Å². The molecule has 5 nitrogen and oxygen atoms in total. The number of ether oxygens (including phenoxy) is 1. The third-order valence-electron chi connectivity index (χ3n) is 2.42. The second-order valence-electron chi connectivity index (χ2n) is 3.58. The number of nitrogens with one attached hydrogen (secondary N) is 1. The number of methoxy groups -OCH3 is 1. The van der Waals surface area contributed by atoms with Gasteiger partial charge in [-0.3, -0.25) is 0 Å². The van der Waals surface area contributed by atoms with E-state index < -0.39 is 5.97 Å². The molecule has 5 heteroatoms. The normalized spacial score (nSPS) is 15.1. The van der Waals surface area contributed by atoms with E-state index in [-0.39, 0.29) is 5.69 Å². The van der Waals surface area contributed by atoms with E-state index in [4.69, 9.17) is 0 Å². The molecule has 1 aromatic rings. The number of anilines is 1. The second kappa shape index (κ2) is 4.74. The summed E-state index contributed by atoms with van der Waals surface area (Å²) < 4.78 is 4.54. The topological polar surface area (TPSA) is 64.1 Å². The van der Waals surface area contributed by atoms with Crippen LogP contribution in [0, 0.1) is 0 Å². The summed E-state index contributed by atoms with van der Waals surface area (Å²) in [6, 6.07) is 3.72. The molecular weight excluding hydrogens is 206 g/mol. The maximum Gasteiger partial charge on any atom is 0.358 e. The van der Waals surface area contributed by atoms with Gasteiger partial charge in [-0.2, -0.15) is 0 Å². The number of hydrogen-bond donors (Lipinski definition) is 1. The van der Waals surface area contributed by atoms with Crippen molar-refractivity contribution in [2.24, 2.45) is 0 Å². The van der Waals surface area contributed by atoms with Gasteiger partial charge in [0.25, 0.3) is 0 Å². The highest BCUT2D eigenvalue weighted by atomic mass is 16.5. The molecule has 0 amide bonds. The van der Waals surface area contributed by atoms with Crippen LogP contribution < -0.4 is 5.32 Å². The summed E-state index contributed by atoms with van der Waals surface area (Å²) in [7, 11) is 1.32. The molecular formula is C11H13N3O2. The number of rotatable bonds is 3. The zero-order valence-corrected chi connectivity index (χ0v) is 9.01. The number of nitrogens with zero attached hydrogens (tertiary/aromatic N) is 2. The number of esters is 1. The molecule has 2 rings (SSSR count). The van der Waals surface area contributed by atoms with Gasteiger partial charge < -0.3 is 10.1 Å². The van der Waals surface area contributed by atoms with E-state index in [2.05, 4.69) is 32.4 Å². The largest absolute Gasteiger partial charge is 0.464 e. The minimum Gasteiger partial charge on any atom is -0.464 e. The fourth-order valence-corrected chi connectivity index (χ4v) is 1.57. The van der Waals surface area contributed by atoms with Crippen LogP contribution in [0.15, 0.2) is 24.3 Å². The van der Waals surface area contributed by atoms with Gasteiger partial charge >= 0.3 is 5.97 Å². The molecule has 0 unspecified atom stereocenters. The number of carbonyl (C=O) groups is 1. The first kappa shape index (κ1) is 10.6. The van der Waals surface area contributed by atoms with E-state index in [9.17, 15) is 4.79 Å². The Bertz CT molecular complexity index is 392. The summed E-state index contributed by atoms with van der Waals surface area (Å²) in [4.78, 5) is 11.1. The second-order valence-corrected chi connectivity index (χ2v) is 3.58. The molecule has 0 saturated carbocycles. The average Bonchev–Trinajstić information content (AvgIpc) is 2.82. The van der Waals surface area contributed by atoms with Crippen molar-refractivity contribution >= 4 is 11.8 Å². The van der Waals surface area contributed by atoms with Gasteiger partial charge in [-0.05, 0) is 25.0 Å². The highest BCUT2D eigenvalue weighted by molar-refractivity contribution is 5.86. The van der Waals surface area contributed by atoms with Crippen molar-refractivity contribution in [3.05, 3.63) is 30.0 Å². The molecule has 0 radical (unpaired) electrons. The maximum absolute atomic E-state index is 11.1. The van der Waals surface area contributed by atoms with E-state index in [0.29, 0.717) is 11.9 Å². The Balaban J connectivity index is 1.99. The summed E-state index contributed by atoms with van der Waals surface area (Å²) in [6.45, 7) is 0. The van der Waals surface area contributed by atoms with Gasteiger partial charge in [0.1, 0.15) is 5.82 Å². The Morgan fingerprint density at radius 1 is 1.38 bits per heavy atom. The van der Waals surface area contributed by atoms with E-state index in [1.54, 1.807) is 12.1 Å². The Morgan fingerprint density at radius 3 is 2.69 bits per heavy atom. The predicted molar refractivity (Wildman–Crippen MR) is 59.2 cm³/mol. The molecule has 0 spiro atoms. The van der Waals surface area contributed by atoms with E-state index in [1.165, 1.54) is 7.11 Å². The molecule has 0 fully saturated rings. The zero-order valence-electron chi connectivity index (χ0n) is 9.01. The van der Waals surface area contributed by atoms with Gasteiger partial charge in [-0.15, -0.1) is 10.2 Å². The van der Waals surface area contributed by atoms with Crippen molar-refractivity contribution < 1.29 is 9.53 Å². The first-order chi connectivity index (χ1) is 7.79. The molecule has 84 valence electrons. The molecule has 0 aromatic carbocycles. The number of carbonyl (C=O) groups excluding carboxylic acids is 1. The molecule has 1 aromatic heterocycles. The van der Waals surface area contributed by atoms with Crippen molar-refractivity contribution in [3.63, 3.8) is 0 Å². The maximum atomic E-state index is 11.1. The van der Waals surface area contributed by atoms with E-state index in [1.807, 2.05) is 0 Å². The Kier molecular flexibility index (Phi) is 3.14. The molecule has 16 heavy (non-hydrogen) atoms. The van der Waals surface area contributed by atoms with Gasteiger partial charge in [0.05, 0.1) is 7.11 Å². The fourth-order valence-electron chi connectivity index (χ4n) is 1.57. The summed E-state index contributed by atoms with van der Waals surface area (Å²) in [5.41, 5.74) is 0.220. The highest BCUT2D eigenvalue weighted by Crippen LogP contribution is 2.14. The van der Waals surface area contributed by atoms with E-state index in [0.717, 1.165) is 12.8 Å². The van der Waals surface area contributed by atoms with Gasteiger partial charge in [-0.25, -0.2) is 4.79 Å². The summed E-state index contributed by atoms with van der Waals surface area (Å²) in [6.07, 6.45) is 6.27. The monoisotopic (exact) mass is 219 g/mol. The quantitative estimate of drug-likeness (QED) is 0.614. The van der Waals surface area contributed by atoms with Crippen LogP contribution in [0.1, 0.15) is 23.3 Å². The third-order valence-corrected chi connectivity index (χ3v) is 2.42. The lowest BCUT2D eigenvalue weighted by Crippen LogP contribution is -2.17. The molecule has 1 aliphatic rings. The minimum absolute atomic E-state index is 0.220. The molecule has 0 atom stereocenters. The average molecular weight is 219 g/mol. The standard InChI is InChI=1S/C11H13N3O2/c1-16-11(15)9-6-7-10(14-13-9)12-8-4-2-3-5-8/h2-3,6-8H,4-5H2,1H3,(H,12,14). The predicted octanol–water partition coefficient (Wildman–Crippen LogP) is 1.39. The van der Waals surface area contributed by atoms with Crippen molar-refractivity contribution in [1.82, 2.24) is 10.2 Å². The lowest BCUT2D eigenvalue weighted by atomic mass is 10.2. The third kappa shape index (κ3) is 2.36. The molecule has 1 N–H and O–H groups in total. The fraction of sp³-hybridized carbons (Fsp3) is 0.364. The first-order valence-corrected chi connectivity index (χ1v) is 5.13. The molecule has 0 bridgehead atoms. The highest BCUT2D eigenvalue weighted by Gasteiger charge is 2.12. The summed E-state index contributed by atoms with van der Waals surface area (Å²) >= 11 is 0. The smallest absolute Gasteiger partial charge is 0.358 e. The Labute approximate surface area is 93.5 Å². The van der Waals surface area contributed by atoms with Crippen molar-refractivity contribution in [1.29, 1.82) is 0 Å². The minimum atomic E-state index is -0.471. The Hall–Kier alpha value is -1.91. The van der Waals surface area contributed by atoms with Crippen LogP contribution in [-0.2, 0) is 4.74 Å². The van der Waals surface area contributed by atoms with Gasteiger partial charge in [0.2, 0.25) is 0 Å². The van der Waals surface area contributed by atoms with Crippen LogP contribution in [0.5, 0.6) is 0 Å².